The summed E-state index contributed by atoms with van der Waals surface area (Å²) < 4.78 is 48.2. The Bertz CT molecular complexity index is 417. The first-order chi connectivity index (χ1) is 8.14. The average Bonchev–Trinajstić information content (AvgIpc) is 2.25. The molecule has 0 aliphatic carbocycles. The van der Waals surface area contributed by atoms with E-state index in [0.717, 1.165) is 7.11 Å². The third-order valence-electron chi connectivity index (χ3n) is 2.06. The van der Waals surface area contributed by atoms with Crippen molar-refractivity contribution < 1.29 is 27.4 Å². The van der Waals surface area contributed by atoms with Crippen molar-refractivity contribution in [3.8, 4) is 0 Å². The maximum atomic E-state index is 13.1. The summed E-state index contributed by atoms with van der Waals surface area (Å²) in [5, 5.41) is 0. The Balaban J connectivity index is 3.42. The monoisotopic (exact) mass is 267 g/mol. The Hall–Kier alpha value is -1.80. The average molecular weight is 267 g/mol. The summed E-state index contributed by atoms with van der Waals surface area (Å²) in [6, 6.07) is -0.370. The second-order valence-electron chi connectivity index (χ2n) is 3.68. The molecular weight excluding hydrogens is 255 g/mol. The van der Waals surface area contributed by atoms with Crippen molar-refractivity contribution >= 4 is 17.9 Å². The second kappa shape index (κ2) is 4.46. The lowest BCUT2D eigenvalue weighted by atomic mass is 10.1. The van der Waals surface area contributed by atoms with Gasteiger partial charge in [-0.2, -0.15) is 18.2 Å². The number of aliphatic imine (C=N–C) groups is 2. The molecule has 1 atom stereocenters. The molecule has 0 aromatic carbocycles. The quantitative estimate of drug-likeness (QED) is 0.659. The largest absolute Gasteiger partial charge is 0.465 e. The third kappa shape index (κ3) is 2.24. The molecule has 0 saturated heterocycles. The second-order valence-corrected chi connectivity index (χ2v) is 3.68. The Labute approximate surface area is 101 Å². The van der Waals surface area contributed by atoms with Crippen LogP contribution in [0.25, 0.3) is 0 Å². The molecule has 9 heteroatoms. The number of carbonyl (C=O) groups excluding carboxylic acids is 1. The number of esters is 1. The van der Waals surface area contributed by atoms with Gasteiger partial charge in [-0.3, -0.25) is 0 Å². The van der Waals surface area contributed by atoms with Gasteiger partial charge in [-0.1, -0.05) is 0 Å². The maximum Gasteiger partial charge on any atom is 0.446 e. The predicted octanol–water partition coefficient (Wildman–Crippen LogP) is 0.784. The number of amidine groups is 1. The first kappa shape index (κ1) is 14.3. The van der Waals surface area contributed by atoms with E-state index < -0.39 is 17.8 Å². The smallest absolute Gasteiger partial charge is 0.446 e. The molecule has 1 rings (SSSR count). The fraction of sp³-hybridized carbons (Fsp3) is 0.667. The van der Waals surface area contributed by atoms with Crippen LogP contribution >= 0.6 is 0 Å². The molecule has 18 heavy (non-hydrogen) atoms. The molecule has 0 spiro atoms. The molecule has 0 aromatic rings. The van der Waals surface area contributed by atoms with Crippen molar-refractivity contribution in [1.29, 1.82) is 0 Å². The highest BCUT2D eigenvalue weighted by Crippen LogP contribution is 2.38. The van der Waals surface area contributed by atoms with Crippen LogP contribution in [0.15, 0.2) is 9.98 Å². The van der Waals surface area contributed by atoms with Gasteiger partial charge in [0, 0.05) is 21.0 Å². The summed E-state index contributed by atoms with van der Waals surface area (Å²) >= 11 is 0. The summed E-state index contributed by atoms with van der Waals surface area (Å²) in [6.45, 7) is 1.20. The van der Waals surface area contributed by atoms with Gasteiger partial charge in [-0.25, -0.2) is 9.79 Å². The fourth-order valence-corrected chi connectivity index (χ4v) is 1.24. The molecule has 1 aliphatic heterocycles. The normalized spacial score (nSPS) is 23.7. The Morgan fingerprint density at radius 3 is 2.33 bits per heavy atom. The van der Waals surface area contributed by atoms with Crippen molar-refractivity contribution in [2.75, 3.05) is 21.2 Å². The predicted molar refractivity (Wildman–Crippen MR) is 56.1 cm³/mol. The first-order valence-corrected chi connectivity index (χ1v) is 4.80. The molecule has 0 fully saturated rings. The van der Waals surface area contributed by atoms with Crippen LogP contribution in [0.1, 0.15) is 6.92 Å². The SMILES string of the molecule is COC(=O)C1(C(F)(F)F)N=C(C)OC(N(C)C)=N1. The number of methoxy groups -OCH3 is 1. The fourth-order valence-electron chi connectivity index (χ4n) is 1.24. The molecule has 0 aromatic heterocycles. The molecule has 0 N–H and O–H groups in total. The molecule has 102 valence electrons. The van der Waals surface area contributed by atoms with Crippen LogP contribution < -0.4 is 0 Å². The van der Waals surface area contributed by atoms with E-state index in [1.54, 1.807) is 0 Å². The van der Waals surface area contributed by atoms with E-state index >= 15 is 0 Å². The minimum absolute atomic E-state index is 0.323. The summed E-state index contributed by atoms with van der Waals surface area (Å²) in [7, 11) is 3.69. The van der Waals surface area contributed by atoms with Gasteiger partial charge in [-0.05, 0) is 0 Å². The van der Waals surface area contributed by atoms with E-state index in [-0.39, 0.29) is 11.9 Å². The van der Waals surface area contributed by atoms with E-state index in [1.165, 1.54) is 25.9 Å². The molecule has 1 heterocycles. The highest BCUT2D eigenvalue weighted by Gasteiger charge is 2.64. The minimum Gasteiger partial charge on any atom is -0.465 e. The van der Waals surface area contributed by atoms with Crippen LogP contribution in [-0.2, 0) is 14.3 Å². The zero-order valence-corrected chi connectivity index (χ0v) is 10.2. The van der Waals surface area contributed by atoms with Crippen LogP contribution in [0.2, 0.25) is 0 Å². The maximum absolute atomic E-state index is 13.1. The molecule has 0 saturated carbocycles. The van der Waals surface area contributed by atoms with Gasteiger partial charge >= 0.3 is 17.8 Å². The standard InChI is InChI=1S/C9H12F3N3O3/c1-5-13-8(6(16)17-4,9(10,11)12)14-7(18-5)15(2)3/h1-4H3. The van der Waals surface area contributed by atoms with Gasteiger partial charge in [0.25, 0.3) is 6.02 Å². The first-order valence-electron chi connectivity index (χ1n) is 4.80. The minimum atomic E-state index is -5.02. The van der Waals surface area contributed by atoms with E-state index in [4.69, 9.17) is 4.74 Å². The number of hydrogen-bond donors (Lipinski definition) is 0. The van der Waals surface area contributed by atoms with Gasteiger partial charge in [0.05, 0.1) is 7.11 Å². The van der Waals surface area contributed by atoms with Gasteiger partial charge in [0.1, 0.15) is 0 Å². The van der Waals surface area contributed by atoms with Crippen molar-refractivity contribution in [2.45, 2.75) is 18.8 Å². The Morgan fingerprint density at radius 2 is 1.94 bits per heavy atom. The number of hydrogen-bond acceptors (Lipinski definition) is 6. The molecule has 1 unspecified atom stereocenters. The van der Waals surface area contributed by atoms with Crippen LogP contribution in [0, 0.1) is 0 Å². The Kier molecular flexibility index (Phi) is 3.54. The molecule has 6 nitrogen and oxygen atoms in total. The highest BCUT2D eigenvalue weighted by molar-refractivity contribution is 5.96. The third-order valence-corrected chi connectivity index (χ3v) is 2.06. The summed E-state index contributed by atoms with van der Waals surface area (Å²) in [6.07, 6.45) is -5.02. The van der Waals surface area contributed by atoms with Crippen molar-refractivity contribution in [3.05, 3.63) is 0 Å². The molecule has 0 bridgehead atoms. The number of carbonyl (C=O) groups is 1. The van der Waals surface area contributed by atoms with Crippen LogP contribution in [0.3, 0.4) is 0 Å². The Morgan fingerprint density at radius 1 is 1.39 bits per heavy atom. The topological polar surface area (TPSA) is 63.5 Å². The number of halogens is 3. The van der Waals surface area contributed by atoms with Crippen LogP contribution in [-0.4, -0.2) is 55.8 Å². The lowest BCUT2D eigenvalue weighted by molar-refractivity contribution is -0.202. The number of rotatable bonds is 1. The zero-order valence-electron chi connectivity index (χ0n) is 10.2. The van der Waals surface area contributed by atoms with Crippen LogP contribution in [0.4, 0.5) is 13.2 Å². The summed E-state index contributed by atoms with van der Waals surface area (Å²) in [5.41, 5.74) is -3.30. The van der Waals surface area contributed by atoms with E-state index in [2.05, 4.69) is 14.7 Å². The van der Waals surface area contributed by atoms with E-state index in [1.807, 2.05) is 0 Å². The van der Waals surface area contributed by atoms with E-state index in [0.29, 0.717) is 0 Å². The summed E-state index contributed by atoms with van der Waals surface area (Å²) in [5.74, 6) is -1.94. The van der Waals surface area contributed by atoms with Crippen LogP contribution in [0.5, 0.6) is 0 Å². The summed E-state index contributed by atoms with van der Waals surface area (Å²) in [4.78, 5) is 19.0. The highest BCUT2D eigenvalue weighted by atomic mass is 19.4. The lowest BCUT2D eigenvalue weighted by Gasteiger charge is -2.30. The number of ether oxygens (including phenoxy) is 2. The molecule has 0 radical (unpaired) electrons. The lowest BCUT2D eigenvalue weighted by Crippen LogP contribution is -2.54. The van der Waals surface area contributed by atoms with Gasteiger partial charge in [-0.15, -0.1) is 0 Å². The molecule has 0 amide bonds. The molecule has 1 aliphatic rings. The van der Waals surface area contributed by atoms with Gasteiger partial charge < -0.3 is 14.4 Å². The number of alkyl halides is 3. The van der Waals surface area contributed by atoms with Gasteiger partial charge in [0.2, 0.25) is 0 Å². The van der Waals surface area contributed by atoms with Crippen molar-refractivity contribution in [1.82, 2.24) is 4.90 Å². The zero-order chi connectivity index (χ0) is 14.1. The van der Waals surface area contributed by atoms with Gasteiger partial charge in [0.15, 0.2) is 5.90 Å². The van der Waals surface area contributed by atoms with Crippen molar-refractivity contribution in [3.63, 3.8) is 0 Å². The number of nitrogens with zero attached hydrogens (tertiary/aromatic N) is 3. The van der Waals surface area contributed by atoms with E-state index in [9.17, 15) is 18.0 Å². The van der Waals surface area contributed by atoms with Crippen molar-refractivity contribution in [2.24, 2.45) is 9.98 Å². The molecular formula is C9H12F3N3O3.